The van der Waals surface area contributed by atoms with E-state index in [2.05, 4.69) is 4.74 Å². The van der Waals surface area contributed by atoms with Gasteiger partial charge in [0, 0.05) is 6.54 Å². The Hall–Kier alpha value is -0.995. The van der Waals surface area contributed by atoms with Gasteiger partial charge >= 0.3 is 5.97 Å². The lowest BCUT2D eigenvalue weighted by Gasteiger charge is -2.31. The fraction of sp³-hybridized carbons (Fsp3) is 0.750. The van der Waals surface area contributed by atoms with Gasteiger partial charge in [0.05, 0.1) is 7.11 Å². The van der Waals surface area contributed by atoms with Gasteiger partial charge in [-0.1, -0.05) is 0 Å². The van der Waals surface area contributed by atoms with Gasteiger partial charge in [0.1, 0.15) is 5.54 Å². The van der Waals surface area contributed by atoms with Gasteiger partial charge in [0.15, 0.2) is 5.81 Å². The maximum atomic E-state index is 11.4. The van der Waals surface area contributed by atoms with E-state index in [1.165, 1.54) is 12.0 Å². The quantitative estimate of drug-likeness (QED) is 0.431. The molecule has 1 aliphatic rings. The molecule has 0 aromatic heterocycles. The number of esters is 1. The second-order valence-electron chi connectivity index (χ2n) is 3.36. The number of hydrogen-bond donors (Lipinski definition) is 0. The summed E-state index contributed by atoms with van der Waals surface area (Å²) in [5, 5.41) is 0. The van der Waals surface area contributed by atoms with Gasteiger partial charge in [-0.2, -0.15) is 0 Å². The molecule has 0 spiro atoms. The van der Waals surface area contributed by atoms with Crippen LogP contribution in [0.15, 0.2) is 0 Å². The number of carbonyl (C=O) groups is 2. The molecule has 5 heteroatoms. The predicted octanol–water partition coefficient (Wildman–Crippen LogP) is 0.302. The highest BCUT2D eigenvalue weighted by atomic mass is 16.5. The van der Waals surface area contributed by atoms with Crippen LogP contribution in [-0.4, -0.2) is 43.7 Å². The summed E-state index contributed by atoms with van der Waals surface area (Å²) in [5.41, 5.74) is -0.861. The second-order valence-corrected chi connectivity index (χ2v) is 3.36. The van der Waals surface area contributed by atoms with Crippen LogP contribution in [0.3, 0.4) is 0 Å². The summed E-state index contributed by atoms with van der Waals surface area (Å²) >= 11 is 0. The highest BCUT2D eigenvalue weighted by Crippen LogP contribution is 2.29. The molecule has 2 radical (unpaired) electrons. The van der Waals surface area contributed by atoms with Crippen LogP contribution in [-0.2, 0) is 9.53 Å². The van der Waals surface area contributed by atoms with Crippen molar-refractivity contribution in [3.05, 3.63) is 0 Å². The zero-order valence-corrected chi connectivity index (χ0v) is 7.87. The summed E-state index contributed by atoms with van der Waals surface area (Å²) in [4.78, 5) is 23.7. The molecule has 70 valence electrons. The Morgan fingerprint density at radius 3 is 2.62 bits per heavy atom. The fourth-order valence-corrected chi connectivity index (χ4v) is 1.75. The molecule has 4 nitrogen and oxygen atoms in total. The van der Waals surface area contributed by atoms with E-state index >= 15 is 0 Å². The van der Waals surface area contributed by atoms with Gasteiger partial charge in [-0.25, -0.2) is 4.79 Å². The Bertz CT molecular complexity index is 244. The molecular weight excluding hydrogens is 169 g/mol. The SMILES string of the molecule is [B]C(=O)N1CCCC1(C)C(=O)OC. The Morgan fingerprint density at radius 2 is 2.15 bits per heavy atom. The van der Waals surface area contributed by atoms with Crippen LogP contribution in [0.1, 0.15) is 19.8 Å². The first kappa shape index (κ1) is 10.1. The number of carbonyl (C=O) groups excluding carboxylic acids is 2. The van der Waals surface area contributed by atoms with Crippen molar-refractivity contribution in [3.63, 3.8) is 0 Å². The van der Waals surface area contributed by atoms with Crippen molar-refractivity contribution in [1.82, 2.24) is 4.90 Å². The van der Waals surface area contributed by atoms with E-state index in [1.54, 1.807) is 6.92 Å². The molecule has 0 aliphatic carbocycles. The zero-order valence-electron chi connectivity index (χ0n) is 7.87. The summed E-state index contributed by atoms with van der Waals surface area (Å²) in [5.74, 6) is -0.964. The molecule has 1 fully saturated rings. The molecule has 1 aliphatic heterocycles. The first-order chi connectivity index (χ1) is 6.02. The van der Waals surface area contributed by atoms with Gasteiger partial charge < -0.3 is 9.64 Å². The van der Waals surface area contributed by atoms with Crippen molar-refractivity contribution in [3.8, 4) is 0 Å². The maximum Gasteiger partial charge on any atom is 0.331 e. The van der Waals surface area contributed by atoms with E-state index in [4.69, 9.17) is 7.85 Å². The summed E-state index contributed by atoms with van der Waals surface area (Å²) in [6.07, 6.45) is 1.40. The molecule has 1 heterocycles. The Labute approximate surface area is 78.6 Å². The summed E-state index contributed by atoms with van der Waals surface area (Å²) in [6, 6.07) is 0. The molecule has 0 saturated carbocycles. The van der Waals surface area contributed by atoms with Crippen molar-refractivity contribution in [2.24, 2.45) is 0 Å². The fourth-order valence-electron chi connectivity index (χ4n) is 1.75. The van der Waals surface area contributed by atoms with Gasteiger partial charge in [0.2, 0.25) is 7.85 Å². The molecule has 1 rings (SSSR count). The van der Waals surface area contributed by atoms with Crippen LogP contribution in [0.2, 0.25) is 0 Å². The summed E-state index contributed by atoms with van der Waals surface area (Å²) < 4.78 is 4.63. The van der Waals surface area contributed by atoms with E-state index in [0.29, 0.717) is 13.0 Å². The first-order valence-corrected chi connectivity index (χ1v) is 4.18. The molecule has 1 atom stereocenters. The molecule has 13 heavy (non-hydrogen) atoms. The smallest absolute Gasteiger partial charge is 0.331 e. The third kappa shape index (κ3) is 1.55. The lowest BCUT2D eigenvalue weighted by atomic mass is 9.96. The Morgan fingerprint density at radius 1 is 1.54 bits per heavy atom. The zero-order chi connectivity index (χ0) is 10.1. The van der Waals surface area contributed by atoms with E-state index in [1.807, 2.05) is 0 Å². The number of hydrogen-bond acceptors (Lipinski definition) is 3. The van der Waals surface area contributed by atoms with E-state index in [0.717, 1.165) is 6.42 Å². The minimum Gasteiger partial charge on any atom is -0.467 e. The third-order valence-corrected chi connectivity index (χ3v) is 2.53. The van der Waals surface area contributed by atoms with E-state index in [-0.39, 0.29) is 0 Å². The number of rotatable bonds is 1. The third-order valence-electron chi connectivity index (χ3n) is 2.53. The van der Waals surface area contributed by atoms with E-state index in [9.17, 15) is 9.59 Å². The number of likely N-dealkylation sites (tertiary alicyclic amines) is 1. The average molecular weight is 181 g/mol. The predicted molar refractivity (Wildman–Crippen MR) is 47.5 cm³/mol. The van der Waals surface area contributed by atoms with Crippen molar-refractivity contribution < 1.29 is 14.3 Å². The molecule has 0 aromatic carbocycles. The van der Waals surface area contributed by atoms with E-state index < -0.39 is 17.3 Å². The van der Waals surface area contributed by atoms with Crippen molar-refractivity contribution in [2.75, 3.05) is 13.7 Å². The minimum absolute atomic E-state index is 0.399. The molecule has 1 unspecified atom stereocenters. The number of amides is 1. The normalized spacial score (nSPS) is 27.4. The summed E-state index contributed by atoms with van der Waals surface area (Å²) in [6.45, 7) is 2.21. The number of methoxy groups -OCH3 is 1. The molecule has 0 aromatic rings. The Kier molecular flexibility index (Phi) is 2.64. The highest BCUT2D eigenvalue weighted by Gasteiger charge is 2.45. The number of ether oxygens (including phenoxy) is 1. The minimum atomic E-state index is -0.861. The standard InChI is InChI=1S/C8H12BNO3/c1-8(6(11)13-2)4-3-5-10(8)7(9)12/h3-5H2,1-2H3. The highest BCUT2D eigenvalue weighted by molar-refractivity contribution is 6.57. The van der Waals surface area contributed by atoms with Crippen LogP contribution >= 0.6 is 0 Å². The molecule has 0 bridgehead atoms. The summed E-state index contributed by atoms with van der Waals surface area (Å²) in [7, 11) is 6.46. The topological polar surface area (TPSA) is 46.6 Å². The van der Waals surface area contributed by atoms with Crippen LogP contribution in [0.25, 0.3) is 0 Å². The molecular formula is C8H12BNO3. The van der Waals surface area contributed by atoms with Gasteiger partial charge in [-0.3, -0.25) is 4.79 Å². The van der Waals surface area contributed by atoms with Crippen molar-refractivity contribution >= 4 is 19.6 Å². The monoisotopic (exact) mass is 181 g/mol. The first-order valence-electron chi connectivity index (χ1n) is 4.18. The lowest BCUT2D eigenvalue weighted by Crippen LogP contribution is -2.51. The van der Waals surface area contributed by atoms with Crippen molar-refractivity contribution in [2.45, 2.75) is 25.3 Å². The van der Waals surface area contributed by atoms with Gasteiger partial charge in [-0.05, 0) is 19.8 Å². The average Bonchev–Trinajstić information content (AvgIpc) is 2.47. The number of nitrogens with zero attached hydrogens (tertiary/aromatic N) is 1. The Balaban J connectivity index is 2.87. The lowest BCUT2D eigenvalue weighted by molar-refractivity contribution is -0.150. The molecule has 1 amide bonds. The van der Waals surface area contributed by atoms with Crippen LogP contribution in [0.4, 0.5) is 4.79 Å². The van der Waals surface area contributed by atoms with Crippen molar-refractivity contribution in [1.29, 1.82) is 0 Å². The molecule has 0 N–H and O–H groups in total. The second kappa shape index (κ2) is 3.40. The van der Waals surface area contributed by atoms with Gasteiger partial charge in [-0.15, -0.1) is 0 Å². The largest absolute Gasteiger partial charge is 0.467 e. The van der Waals surface area contributed by atoms with Crippen LogP contribution in [0.5, 0.6) is 0 Å². The van der Waals surface area contributed by atoms with Gasteiger partial charge in [0.25, 0.3) is 0 Å². The van der Waals surface area contributed by atoms with Crippen LogP contribution < -0.4 is 0 Å². The molecule has 1 saturated heterocycles. The maximum absolute atomic E-state index is 11.4. The van der Waals surface area contributed by atoms with Crippen LogP contribution in [0, 0.1) is 0 Å².